The molecular formula is C4H4N2O2. The number of rotatable bonds is 0. The Labute approximate surface area is 44.3 Å². The predicted octanol–water partition coefficient (Wildman–Crippen LogP) is -0.553. The second-order valence-electron chi connectivity index (χ2n) is 1.27. The Morgan fingerprint density at radius 1 is 1.75 bits per heavy atom. The molecule has 1 heterocycles. The van der Waals surface area contributed by atoms with Crippen LogP contribution in [0.15, 0.2) is 21.6 Å². The Kier molecular flexibility index (Phi) is 0.997. The molecular weight excluding hydrogens is 108 g/mol. The Bertz CT molecular complexity index is 243. The van der Waals surface area contributed by atoms with E-state index >= 15 is 0 Å². The number of aromatic amines is 1. The summed E-state index contributed by atoms with van der Waals surface area (Å²) in [5.41, 5.74) is -0.507. The first kappa shape index (κ1) is 4.83. The normalized spacial score (nSPS) is 9.00. The SMILES string of the molecule is N=c1cco[nH]c1=O. The maximum absolute atomic E-state index is 10.3. The van der Waals surface area contributed by atoms with Gasteiger partial charge in [0.25, 0.3) is 0 Å². The summed E-state index contributed by atoms with van der Waals surface area (Å²) >= 11 is 0. The summed E-state index contributed by atoms with van der Waals surface area (Å²) in [6.45, 7) is 0. The minimum Gasteiger partial charge on any atom is -0.387 e. The van der Waals surface area contributed by atoms with Gasteiger partial charge in [-0.05, 0) is 0 Å². The molecule has 0 fully saturated rings. The number of hydrogen-bond donors (Lipinski definition) is 2. The number of hydrogen-bond acceptors (Lipinski definition) is 3. The van der Waals surface area contributed by atoms with Crippen LogP contribution in [0.4, 0.5) is 0 Å². The minimum atomic E-state index is -0.507. The molecule has 0 unspecified atom stereocenters. The van der Waals surface area contributed by atoms with Crippen molar-refractivity contribution in [1.82, 2.24) is 5.16 Å². The lowest BCUT2D eigenvalue weighted by Crippen LogP contribution is -2.24. The Balaban J connectivity index is 3.59. The fourth-order valence-electron chi connectivity index (χ4n) is 0.320. The highest BCUT2D eigenvalue weighted by molar-refractivity contribution is 4.77. The van der Waals surface area contributed by atoms with Crippen molar-refractivity contribution < 1.29 is 4.52 Å². The van der Waals surface area contributed by atoms with E-state index in [1.165, 1.54) is 12.3 Å². The summed E-state index contributed by atoms with van der Waals surface area (Å²) in [5.74, 6) is 0. The van der Waals surface area contributed by atoms with E-state index in [0.29, 0.717) is 0 Å². The lowest BCUT2D eigenvalue weighted by Gasteiger charge is -1.76. The zero-order chi connectivity index (χ0) is 5.98. The van der Waals surface area contributed by atoms with Gasteiger partial charge < -0.3 is 4.52 Å². The van der Waals surface area contributed by atoms with Gasteiger partial charge >= 0.3 is 5.56 Å². The van der Waals surface area contributed by atoms with Gasteiger partial charge in [-0.15, -0.1) is 0 Å². The lowest BCUT2D eigenvalue weighted by atomic mass is 10.6. The molecule has 8 heavy (non-hydrogen) atoms. The van der Waals surface area contributed by atoms with Crippen molar-refractivity contribution in [2.75, 3.05) is 0 Å². The second kappa shape index (κ2) is 1.65. The monoisotopic (exact) mass is 112 g/mol. The van der Waals surface area contributed by atoms with Gasteiger partial charge in [0, 0.05) is 6.07 Å². The molecule has 0 aliphatic heterocycles. The van der Waals surface area contributed by atoms with Crippen LogP contribution < -0.4 is 10.9 Å². The minimum absolute atomic E-state index is 0.0868. The van der Waals surface area contributed by atoms with E-state index in [1.54, 1.807) is 0 Å². The summed E-state index contributed by atoms with van der Waals surface area (Å²) in [5, 5.41) is 8.71. The molecule has 0 radical (unpaired) electrons. The first-order valence-electron chi connectivity index (χ1n) is 2.02. The van der Waals surface area contributed by atoms with Crippen molar-refractivity contribution in [3.05, 3.63) is 28.0 Å². The Hall–Kier alpha value is -1.32. The molecule has 0 spiro atoms. The molecule has 0 bridgehead atoms. The van der Waals surface area contributed by atoms with Crippen LogP contribution in [-0.4, -0.2) is 5.16 Å². The van der Waals surface area contributed by atoms with Crippen LogP contribution in [0.1, 0.15) is 0 Å². The topological polar surface area (TPSA) is 69.8 Å². The molecule has 0 aliphatic rings. The third kappa shape index (κ3) is 0.676. The van der Waals surface area contributed by atoms with Crippen molar-refractivity contribution in [3.8, 4) is 0 Å². The molecule has 2 N–H and O–H groups in total. The molecule has 1 aromatic heterocycles. The van der Waals surface area contributed by atoms with Crippen molar-refractivity contribution in [2.24, 2.45) is 0 Å². The highest BCUT2D eigenvalue weighted by Gasteiger charge is 1.80. The van der Waals surface area contributed by atoms with Gasteiger partial charge in [-0.2, -0.15) is 5.16 Å². The molecule has 4 nitrogen and oxygen atoms in total. The van der Waals surface area contributed by atoms with Crippen molar-refractivity contribution in [3.63, 3.8) is 0 Å². The molecule has 1 aromatic rings. The average Bonchev–Trinajstić information content (AvgIpc) is 1.77. The maximum atomic E-state index is 10.3. The van der Waals surface area contributed by atoms with Gasteiger partial charge in [0.05, 0.1) is 0 Å². The van der Waals surface area contributed by atoms with Gasteiger partial charge in [0.1, 0.15) is 11.6 Å². The van der Waals surface area contributed by atoms with E-state index in [4.69, 9.17) is 5.41 Å². The first-order chi connectivity index (χ1) is 3.80. The zero-order valence-corrected chi connectivity index (χ0v) is 3.97. The predicted molar refractivity (Wildman–Crippen MR) is 25.2 cm³/mol. The number of aromatic nitrogens is 1. The van der Waals surface area contributed by atoms with Gasteiger partial charge in [-0.3, -0.25) is 10.2 Å². The largest absolute Gasteiger partial charge is 0.387 e. The standard InChI is InChI=1S/C4H4N2O2/c5-3-1-2-8-6-4(3)7/h1-2,5H,(H,6,7). The van der Waals surface area contributed by atoms with Crippen LogP contribution >= 0.6 is 0 Å². The molecule has 0 aromatic carbocycles. The summed E-state index contributed by atoms with van der Waals surface area (Å²) in [6.07, 6.45) is 1.24. The van der Waals surface area contributed by atoms with E-state index in [9.17, 15) is 4.79 Å². The molecule has 0 saturated carbocycles. The fourth-order valence-corrected chi connectivity index (χ4v) is 0.320. The van der Waals surface area contributed by atoms with Crippen LogP contribution in [-0.2, 0) is 0 Å². The van der Waals surface area contributed by atoms with E-state index in [0.717, 1.165) is 0 Å². The Morgan fingerprint density at radius 3 is 2.88 bits per heavy atom. The van der Waals surface area contributed by atoms with E-state index in [1.807, 2.05) is 5.16 Å². The van der Waals surface area contributed by atoms with Gasteiger partial charge in [0.2, 0.25) is 0 Å². The third-order valence-electron chi connectivity index (χ3n) is 0.699. The van der Waals surface area contributed by atoms with E-state index in [2.05, 4.69) is 4.52 Å². The summed E-state index contributed by atoms with van der Waals surface area (Å²) < 4.78 is 4.33. The fraction of sp³-hybridized carbons (Fsp3) is 0. The zero-order valence-electron chi connectivity index (χ0n) is 3.97. The maximum Gasteiger partial charge on any atom is 0.301 e. The van der Waals surface area contributed by atoms with Gasteiger partial charge in [-0.1, -0.05) is 0 Å². The number of H-pyrrole nitrogens is 1. The molecule has 0 saturated heterocycles. The summed E-state index contributed by atoms with van der Waals surface area (Å²) in [4.78, 5) is 10.3. The highest BCUT2D eigenvalue weighted by atomic mass is 16.5. The van der Waals surface area contributed by atoms with Crippen LogP contribution in [0, 0.1) is 5.41 Å². The molecule has 0 atom stereocenters. The average molecular weight is 112 g/mol. The van der Waals surface area contributed by atoms with Crippen LogP contribution in [0.5, 0.6) is 0 Å². The summed E-state index contributed by atoms with van der Waals surface area (Å²) in [7, 11) is 0. The Morgan fingerprint density at radius 2 is 2.50 bits per heavy atom. The van der Waals surface area contributed by atoms with Gasteiger partial charge in [0.15, 0.2) is 0 Å². The lowest BCUT2D eigenvalue weighted by molar-refractivity contribution is 0.386. The molecule has 1 rings (SSSR count). The molecule has 0 aliphatic carbocycles. The van der Waals surface area contributed by atoms with Crippen LogP contribution in [0.25, 0.3) is 0 Å². The molecule has 4 heteroatoms. The third-order valence-corrected chi connectivity index (χ3v) is 0.699. The van der Waals surface area contributed by atoms with E-state index < -0.39 is 5.56 Å². The first-order valence-corrected chi connectivity index (χ1v) is 2.02. The number of nitrogens with one attached hydrogen (secondary N) is 2. The second-order valence-corrected chi connectivity index (χ2v) is 1.27. The van der Waals surface area contributed by atoms with E-state index in [-0.39, 0.29) is 5.36 Å². The van der Waals surface area contributed by atoms with Crippen LogP contribution in [0.2, 0.25) is 0 Å². The van der Waals surface area contributed by atoms with Crippen molar-refractivity contribution >= 4 is 0 Å². The van der Waals surface area contributed by atoms with Gasteiger partial charge in [-0.25, -0.2) is 0 Å². The van der Waals surface area contributed by atoms with Crippen molar-refractivity contribution in [1.29, 1.82) is 5.41 Å². The highest BCUT2D eigenvalue weighted by Crippen LogP contribution is 1.59. The summed E-state index contributed by atoms with van der Waals surface area (Å²) in [6, 6.07) is 1.28. The smallest absolute Gasteiger partial charge is 0.301 e. The molecule has 0 amide bonds. The molecule has 42 valence electrons. The van der Waals surface area contributed by atoms with Crippen molar-refractivity contribution in [2.45, 2.75) is 0 Å². The van der Waals surface area contributed by atoms with Crippen LogP contribution in [0.3, 0.4) is 0 Å². The quantitative estimate of drug-likeness (QED) is 0.472.